The van der Waals surface area contributed by atoms with Gasteiger partial charge in [-0.25, -0.2) is 0 Å². The van der Waals surface area contributed by atoms with E-state index in [0.717, 1.165) is 10.5 Å². The quantitative estimate of drug-likeness (QED) is 0.814. The predicted octanol–water partition coefficient (Wildman–Crippen LogP) is 3.19. The molecule has 2 aromatic carbocycles. The minimum absolute atomic E-state index is 0.0811. The fourth-order valence-corrected chi connectivity index (χ4v) is 3.20. The number of benzene rings is 2. The minimum Gasteiger partial charge on any atom is -0.349 e. The van der Waals surface area contributed by atoms with Crippen LogP contribution < -0.4 is 5.32 Å². The Bertz CT molecular complexity index is 795. The van der Waals surface area contributed by atoms with E-state index < -0.39 is 0 Å². The summed E-state index contributed by atoms with van der Waals surface area (Å²) in [6.45, 7) is 4.17. The third-order valence-electron chi connectivity index (χ3n) is 4.58. The molecule has 3 amide bonds. The summed E-state index contributed by atoms with van der Waals surface area (Å²) in [6, 6.07) is 16.4. The SMILES string of the molecule is CC(C)[C@H](NC(=O)CCN1C(=O)c2ccccc2C1=O)c1ccccc1. The van der Waals surface area contributed by atoms with Crippen LogP contribution in [0.25, 0.3) is 0 Å². The number of nitrogens with one attached hydrogen (secondary N) is 1. The molecule has 1 heterocycles. The Morgan fingerprint density at radius 1 is 0.923 bits per heavy atom. The van der Waals surface area contributed by atoms with E-state index in [1.165, 1.54) is 0 Å². The van der Waals surface area contributed by atoms with E-state index in [2.05, 4.69) is 5.32 Å². The van der Waals surface area contributed by atoms with Crippen molar-refractivity contribution in [3.05, 3.63) is 71.3 Å². The van der Waals surface area contributed by atoms with E-state index >= 15 is 0 Å². The molecule has 5 nitrogen and oxygen atoms in total. The van der Waals surface area contributed by atoms with Crippen molar-refractivity contribution in [3.63, 3.8) is 0 Å². The Labute approximate surface area is 153 Å². The Morgan fingerprint density at radius 2 is 1.46 bits per heavy atom. The Kier molecular flexibility index (Phi) is 5.16. The van der Waals surface area contributed by atoms with Gasteiger partial charge in [0.1, 0.15) is 0 Å². The summed E-state index contributed by atoms with van der Waals surface area (Å²) in [4.78, 5) is 38.3. The molecule has 5 heteroatoms. The highest BCUT2D eigenvalue weighted by Crippen LogP contribution is 2.23. The molecular formula is C21H22N2O3. The largest absolute Gasteiger partial charge is 0.349 e. The molecule has 1 atom stereocenters. The molecule has 0 bridgehead atoms. The predicted molar refractivity (Wildman–Crippen MR) is 98.6 cm³/mol. The second kappa shape index (κ2) is 7.52. The minimum atomic E-state index is -0.332. The van der Waals surface area contributed by atoms with Gasteiger partial charge in [0.25, 0.3) is 11.8 Å². The average molecular weight is 350 g/mol. The lowest BCUT2D eigenvalue weighted by atomic mass is 9.96. The highest BCUT2D eigenvalue weighted by Gasteiger charge is 2.35. The van der Waals surface area contributed by atoms with Crippen molar-refractivity contribution in [1.29, 1.82) is 0 Å². The number of carbonyl (C=O) groups excluding carboxylic acids is 3. The maximum absolute atomic E-state index is 12.4. The molecular weight excluding hydrogens is 328 g/mol. The van der Waals surface area contributed by atoms with Crippen molar-refractivity contribution in [2.75, 3.05) is 6.54 Å². The van der Waals surface area contributed by atoms with E-state index in [-0.39, 0.29) is 42.6 Å². The maximum Gasteiger partial charge on any atom is 0.261 e. The van der Waals surface area contributed by atoms with E-state index in [4.69, 9.17) is 0 Å². The van der Waals surface area contributed by atoms with Gasteiger partial charge < -0.3 is 5.32 Å². The molecule has 134 valence electrons. The van der Waals surface area contributed by atoms with Crippen LogP contribution in [-0.2, 0) is 4.79 Å². The molecule has 0 saturated carbocycles. The van der Waals surface area contributed by atoms with Gasteiger partial charge >= 0.3 is 0 Å². The van der Waals surface area contributed by atoms with E-state index in [1.807, 2.05) is 44.2 Å². The first-order valence-electron chi connectivity index (χ1n) is 8.78. The van der Waals surface area contributed by atoms with Crippen LogP contribution in [0.15, 0.2) is 54.6 Å². The highest BCUT2D eigenvalue weighted by atomic mass is 16.2. The Balaban J connectivity index is 1.63. The maximum atomic E-state index is 12.4. The number of fused-ring (bicyclic) bond motifs is 1. The molecule has 26 heavy (non-hydrogen) atoms. The lowest BCUT2D eigenvalue weighted by molar-refractivity contribution is -0.122. The van der Waals surface area contributed by atoms with Crippen LogP contribution in [-0.4, -0.2) is 29.2 Å². The first-order valence-corrected chi connectivity index (χ1v) is 8.78. The molecule has 0 radical (unpaired) electrons. The van der Waals surface area contributed by atoms with Gasteiger partial charge in [0.05, 0.1) is 17.2 Å². The van der Waals surface area contributed by atoms with Crippen LogP contribution in [0.3, 0.4) is 0 Å². The molecule has 0 fully saturated rings. The van der Waals surface area contributed by atoms with Crippen molar-refractivity contribution < 1.29 is 14.4 Å². The van der Waals surface area contributed by atoms with Crippen molar-refractivity contribution in [2.45, 2.75) is 26.3 Å². The standard InChI is InChI=1S/C21H22N2O3/c1-14(2)19(15-8-4-3-5-9-15)22-18(24)12-13-23-20(25)16-10-6-7-11-17(16)21(23)26/h3-11,14,19H,12-13H2,1-2H3,(H,22,24)/t19-/m0/s1. The number of hydrogen-bond acceptors (Lipinski definition) is 3. The zero-order valence-electron chi connectivity index (χ0n) is 14.9. The first-order chi connectivity index (χ1) is 12.5. The number of nitrogens with zero attached hydrogens (tertiary/aromatic N) is 1. The van der Waals surface area contributed by atoms with Gasteiger partial charge in [0.2, 0.25) is 5.91 Å². The summed E-state index contributed by atoms with van der Waals surface area (Å²) in [5.41, 5.74) is 1.85. The van der Waals surface area contributed by atoms with E-state index in [9.17, 15) is 14.4 Å². The fourth-order valence-electron chi connectivity index (χ4n) is 3.20. The lowest BCUT2D eigenvalue weighted by Gasteiger charge is -2.23. The number of imide groups is 1. The summed E-state index contributed by atoms with van der Waals surface area (Å²) in [5.74, 6) is -0.617. The molecule has 1 aliphatic heterocycles. The van der Waals surface area contributed by atoms with Crippen LogP contribution in [0.1, 0.15) is 52.6 Å². The second-order valence-corrected chi connectivity index (χ2v) is 6.76. The number of hydrogen-bond donors (Lipinski definition) is 1. The third-order valence-corrected chi connectivity index (χ3v) is 4.58. The summed E-state index contributed by atoms with van der Waals surface area (Å²) in [7, 11) is 0. The first kappa shape index (κ1) is 17.9. The average Bonchev–Trinajstić information content (AvgIpc) is 2.89. The summed E-state index contributed by atoms with van der Waals surface area (Å²) in [6.07, 6.45) is 0.0848. The lowest BCUT2D eigenvalue weighted by Crippen LogP contribution is -2.36. The van der Waals surface area contributed by atoms with Gasteiger partial charge in [0.15, 0.2) is 0 Å². The van der Waals surface area contributed by atoms with E-state index in [1.54, 1.807) is 24.3 Å². The summed E-state index contributed by atoms with van der Waals surface area (Å²) < 4.78 is 0. The molecule has 0 aliphatic carbocycles. The van der Waals surface area contributed by atoms with Crippen LogP contribution in [0.4, 0.5) is 0 Å². The number of amides is 3. The topological polar surface area (TPSA) is 66.5 Å². The van der Waals surface area contributed by atoms with Gasteiger partial charge in [-0.1, -0.05) is 56.3 Å². The van der Waals surface area contributed by atoms with Crippen molar-refractivity contribution in [1.82, 2.24) is 10.2 Å². The molecule has 1 N–H and O–H groups in total. The Hall–Kier alpha value is -2.95. The van der Waals surface area contributed by atoms with Crippen molar-refractivity contribution in [2.24, 2.45) is 5.92 Å². The molecule has 0 saturated heterocycles. The van der Waals surface area contributed by atoms with Crippen LogP contribution in [0.5, 0.6) is 0 Å². The van der Waals surface area contributed by atoms with Gasteiger partial charge in [-0.2, -0.15) is 0 Å². The normalized spacial score (nSPS) is 14.5. The highest BCUT2D eigenvalue weighted by molar-refractivity contribution is 6.21. The smallest absolute Gasteiger partial charge is 0.261 e. The zero-order valence-corrected chi connectivity index (χ0v) is 14.9. The van der Waals surface area contributed by atoms with Gasteiger partial charge in [0, 0.05) is 13.0 Å². The zero-order chi connectivity index (χ0) is 18.7. The molecule has 0 spiro atoms. The molecule has 3 rings (SSSR count). The fraction of sp³-hybridized carbons (Fsp3) is 0.286. The Morgan fingerprint density at radius 3 is 2.00 bits per heavy atom. The van der Waals surface area contributed by atoms with Crippen molar-refractivity contribution in [3.8, 4) is 0 Å². The van der Waals surface area contributed by atoms with Crippen LogP contribution in [0.2, 0.25) is 0 Å². The number of carbonyl (C=O) groups is 3. The second-order valence-electron chi connectivity index (χ2n) is 6.76. The summed E-state index contributed by atoms with van der Waals surface area (Å²) in [5, 5.41) is 3.02. The monoisotopic (exact) mass is 350 g/mol. The van der Waals surface area contributed by atoms with Gasteiger partial charge in [-0.3, -0.25) is 19.3 Å². The van der Waals surface area contributed by atoms with Gasteiger partial charge in [-0.15, -0.1) is 0 Å². The van der Waals surface area contributed by atoms with E-state index in [0.29, 0.717) is 11.1 Å². The van der Waals surface area contributed by atoms with Crippen molar-refractivity contribution >= 4 is 17.7 Å². The van der Waals surface area contributed by atoms with Crippen LogP contribution >= 0.6 is 0 Å². The molecule has 1 aliphatic rings. The summed E-state index contributed by atoms with van der Waals surface area (Å²) >= 11 is 0. The number of rotatable bonds is 6. The third kappa shape index (κ3) is 3.52. The molecule has 0 aromatic heterocycles. The molecule has 2 aromatic rings. The van der Waals surface area contributed by atoms with Crippen LogP contribution in [0, 0.1) is 5.92 Å². The molecule has 0 unspecified atom stereocenters. The van der Waals surface area contributed by atoms with Gasteiger partial charge in [-0.05, 0) is 23.6 Å².